The van der Waals surface area contributed by atoms with Crippen molar-refractivity contribution in [1.82, 2.24) is 15.6 Å². The number of imide groups is 1. The number of carbonyl (C=O) groups excluding carboxylic acids is 2. The monoisotopic (exact) mass is 293 g/mol. The number of carboxylic acid groups (broad SMARTS) is 1. The quantitative estimate of drug-likeness (QED) is 0.622. The predicted octanol–water partition coefficient (Wildman–Crippen LogP) is 1.09. The van der Waals surface area contributed by atoms with Crippen LogP contribution in [0.1, 0.15) is 31.2 Å². The van der Waals surface area contributed by atoms with Crippen molar-refractivity contribution in [3.63, 3.8) is 0 Å². The Morgan fingerprint density at radius 1 is 1.19 bits per heavy atom. The number of pyridine rings is 1. The van der Waals surface area contributed by atoms with Crippen LogP contribution in [0.3, 0.4) is 0 Å². The fourth-order valence-corrected chi connectivity index (χ4v) is 1.66. The van der Waals surface area contributed by atoms with Gasteiger partial charge in [0.15, 0.2) is 0 Å². The molecular weight excluding hydrogens is 274 g/mol. The zero-order chi connectivity index (χ0) is 15.5. The van der Waals surface area contributed by atoms with Crippen LogP contribution in [0.2, 0.25) is 0 Å². The summed E-state index contributed by atoms with van der Waals surface area (Å²) in [5.41, 5.74) is 0.998. The van der Waals surface area contributed by atoms with Gasteiger partial charge in [0.2, 0.25) is 5.91 Å². The van der Waals surface area contributed by atoms with Crippen LogP contribution in [-0.2, 0) is 16.0 Å². The van der Waals surface area contributed by atoms with Crippen molar-refractivity contribution in [3.05, 3.63) is 30.1 Å². The number of carboxylic acids is 1. The van der Waals surface area contributed by atoms with Gasteiger partial charge >= 0.3 is 12.0 Å². The maximum atomic E-state index is 11.4. The van der Waals surface area contributed by atoms with Gasteiger partial charge in [-0.15, -0.1) is 0 Å². The maximum absolute atomic E-state index is 11.4. The molecule has 1 aromatic rings. The third-order valence-electron chi connectivity index (χ3n) is 2.72. The summed E-state index contributed by atoms with van der Waals surface area (Å²) in [6, 6.07) is 3.18. The molecule has 0 unspecified atom stereocenters. The minimum Gasteiger partial charge on any atom is -0.481 e. The molecule has 21 heavy (non-hydrogen) atoms. The van der Waals surface area contributed by atoms with Crippen molar-refractivity contribution in [2.75, 3.05) is 6.54 Å². The van der Waals surface area contributed by atoms with E-state index in [1.165, 1.54) is 0 Å². The van der Waals surface area contributed by atoms with Crippen LogP contribution < -0.4 is 10.6 Å². The van der Waals surface area contributed by atoms with Crippen LogP contribution in [0.25, 0.3) is 0 Å². The van der Waals surface area contributed by atoms with Gasteiger partial charge in [-0.2, -0.15) is 0 Å². The minimum absolute atomic E-state index is 0.0323. The molecule has 0 aliphatic rings. The summed E-state index contributed by atoms with van der Waals surface area (Å²) in [6.07, 6.45) is 5.06. The third-order valence-corrected chi connectivity index (χ3v) is 2.72. The first kappa shape index (κ1) is 16.6. The molecule has 1 heterocycles. The summed E-state index contributed by atoms with van der Waals surface area (Å²) in [7, 11) is 0. The van der Waals surface area contributed by atoms with Gasteiger partial charge in [-0.3, -0.25) is 19.9 Å². The zero-order valence-electron chi connectivity index (χ0n) is 11.7. The fraction of sp³-hybridized carbons (Fsp3) is 0.429. The van der Waals surface area contributed by atoms with Crippen molar-refractivity contribution in [3.8, 4) is 0 Å². The topological polar surface area (TPSA) is 108 Å². The SMILES string of the molecule is O=C(O)CCCCC(=O)NC(=O)NCCc1cccnc1. The number of aromatic nitrogens is 1. The highest BCUT2D eigenvalue weighted by atomic mass is 16.4. The number of unbranched alkanes of at least 4 members (excludes halogenated alkanes) is 1. The molecule has 0 saturated heterocycles. The standard InChI is InChI=1S/C14H19N3O4/c18-12(5-1-2-6-13(19)20)17-14(21)16-9-7-11-4-3-8-15-10-11/h3-4,8,10H,1-2,5-7,9H2,(H,19,20)(H2,16,17,18,21). The molecule has 3 N–H and O–H groups in total. The van der Waals surface area contributed by atoms with Crippen molar-refractivity contribution >= 4 is 17.9 Å². The van der Waals surface area contributed by atoms with E-state index in [9.17, 15) is 14.4 Å². The average molecular weight is 293 g/mol. The first-order valence-corrected chi connectivity index (χ1v) is 6.76. The number of aliphatic carboxylic acids is 1. The highest BCUT2D eigenvalue weighted by Crippen LogP contribution is 1.99. The molecular formula is C14H19N3O4. The summed E-state index contributed by atoms with van der Waals surface area (Å²) in [4.78, 5) is 37.1. The Kier molecular flexibility index (Phi) is 7.49. The highest BCUT2D eigenvalue weighted by molar-refractivity contribution is 5.94. The summed E-state index contributed by atoms with van der Waals surface area (Å²) in [6.45, 7) is 0.407. The number of amides is 3. The van der Waals surface area contributed by atoms with Crippen LogP contribution in [0.4, 0.5) is 4.79 Å². The second-order valence-electron chi connectivity index (χ2n) is 4.52. The van der Waals surface area contributed by atoms with E-state index in [2.05, 4.69) is 15.6 Å². The molecule has 7 heteroatoms. The van der Waals surface area contributed by atoms with Gasteiger partial charge in [-0.25, -0.2) is 4.79 Å². The number of hydrogen-bond donors (Lipinski definition) is 3. The molecule has 1 rings (SSSR count). The Balaban J connectivity index is 2.10. The molecule has 0 aliphatic heterocycles. The van der Waals surface area contributed by atoms with Gasteiger partial charge in [0.1, 0.15) is 0 Å². The van der Waals surface area contributed by atoms with E-state index in [0.29, 0.717) is 25.8 Å². The molecule has 0 aliphatic carbocycles. The number of rotatable bonds is 8. The van der Waals surface area contributed by atoms with E-state index in [0.717, 1.165) is 5.56 Å². The van der Waals surface area contributed by atoms with Crippen molar-refractivity contribution < 1.29 is 19.5 Å². The molecule has 3 amide bonds. The van der Waals surface area contributed by atoms with Crippen LogP contribution in [0, 0.1) is 0 Å². The predicted molar refractivity (Wildman–Crippen MR) is 75.6 cm³/mol. The Morgan fingerprint density at radius 2 is 1.95 bits per heavy atom. The van der Waals surface area contributed by atoms with Crippen LogP contribution in [-0.4, -0.2) is 34.5 Å². The molecule has 114 valence electrons. The van der Waals surface area contributed by atoms with Gasteiger partial charge in [0.05, 0.1) is 0 Å². The molecule has 0 saturated carbocycles. The normalized spacial score (nSPS) is 9.90. The van der Waals surface area contributed by atoms with E-state index in [1.54, 1.807) is 12.4 Å². The number of nitrogens with zero attached hydrogens (tertiary/aromatic N) is 1. The van der Waals surface area contributed by atoms with Crippen molar-refractivity contribution in [1.29, 1.82) is 0 Å². The maximum Gasteiger partial charge on any atom is 0.321 e. The average Bonchev–Trinajstić information content (AvgIpc) is 2.44. The van der Waals surface area contributed by atoms with Gasteiger partial charge in [-0.05, 0) is 30.9 Å². The van der Waals surface area contributed by atoms with Gasteiger partial charge in [-0.1, -0.05) is 6.07 Å². The lowest BCUT2D eigenvalue weighted by molar-refractivity contribution is -0.137. The lowest BCUT2D eigenvalue weighted by atomic mass is 10.2. The zero-order valence-corrected chi connectivity index (χ0v) is 11.7. The summed E-state index contributed by atoms with van der Waals surface area (Å²) in [5.74, 6) is -1.29. The van der Waals surface area contributed by atoms with Crippen LogP contribution in [0.5, 0.6) is 0 Å². The van der Waals surface area contributed by atoms with Crippen molar-refractivity contribution in [2.24, 2.45) is 0 Å². The van der Waals surface area contributed by atoms with E-state index in [-0.39, 0.29) is 12.8 Å². The van der Waals surface area contributed by atoms with E-state index in [4.69, 9.17) is 5.11 Å². The summed E-state index contributed by atoms with van der Waals surface area (Å²) in [5, 5.41) is 13.2. The largest absolute Gasteiger partial charge is 0.481 e. The lowest BCUT2D eigenvalue weighted by Crippen LogP contribution is -2.40. The molecule has 0 aromatic carbocycles. The summed E-state index contributed by atoms with van der Waals surface area (Å²) < 4.78 is 0. The molecule has 0 spiro atoms. The van der Waals surface area contributed by atoms with Gasteiger partial charge < -0.3 is 10.4 Å². The number of nitrogens with one attached hydrogen (secondary N) is 2. The van der Waals surface area contributed by atoms with Gasteiger partial charge in [0.25, 0.3) is 0 Å². The highest BCUT2D eigenvalue weighted by Gasteiger charge is 2.07. The molecule has 0 bridgehead atoms. The Hall–Kier alpha value is -2.44. The Labute approximate surface area is 122 Å². The first-order chi connectivity index (χ1) is 10.1. The first-order valence-electron chi connectivity index (χ1n) is 6.76. The summed E-state index contributed by atoms with van der Waals surface area (Å²) >= 11 is 0. The van der Waals surface area contributed by atoms with E-state index >= 15 is 0 Å². The number of carbonyl (C=O) groups is 3. The molecule has 1 aromatic heterocycles. The number of urea groups is 1. The van der Waals surface area contributed by atoms with E-state index in [1.807, 2.05) is 12.1 Å². The minimum atomic E-state index is -0.886. The Bertz CT molecular complexity index is 476. The number of hydrogen-bond acceptors (Lipinski definition) is 4. The fourth-order valence-electron chi connectivity index (χ4n) is 1.66. The molecule has 0 atom stereocenters. The molecule has 0 fully saturated rings. The van der Waals surface area contributed by atoms with Gasteiger partial charge in [0, 0.05) is 31.8 Å². The third kappa shape index (κ3) is 8.35. The molecule has 0 radical (unpaired) electrons. The molecule has 7 nitrogen and oxygen atoms in total. The lowest BCUT2D eigenvalue weighted by Gasteiger charge is -2.06. The second kappa shape index (κ2) is 9.46. The van der Waals surface area contributed by atoms with Crippen molar-refractivity contribution in [2.45, 2.75) is 32.1 Å². The smallest absolute Gasteiger partial charge is 0.321 e. The Morgan fingerprint density at radius 3 is 2.62 bits per heavy atom. The van der Waals surface area contributed by atoms with Crippen LogP contribution >= 0.6 is 0 Å². The van der Waals surface area contributed by atoms with Crippen LogP contribution in [0.15, 0.2) is 24.5 Å². The second-order valence-corrected chi connectivity index (χ2v) is 4.52. The van der Waals surface area contributed by atoms with E-state index < -0.39 is 17.9 Å².